The van der Waals surface area contributed by atoms with Gasteiger partial charge in [-0.3, -0.25) is 4.90 Å². The fraction of sp³-hybridized carbons (Fsp3) is 0.647. The van der Waals surface area contributed by atoms with Crippen molar-refractivity contribution in [1.82, 2.24) is 10.2 Å². The molecule has 128 valence electrons. The standard InChI is InChI=1S/C17H23F3N2S/c18-17(19,20)14-3-1-2-13(10-14)11-22-7-4-15(5-8-22)21-16-6-9-23-12-16/h1-3,10,15-16,21H,4-9,11-12H2/t16-/m0/s1. The third kappa shape index (κ3) is 4.88. The summed E-state index contributed by atoms with van der Waals surface area (Å²) in [6, 6.07) is 6.93. The Bertz CT molecular complexity index is 507. The summed E-state index contributed by atoms with van der Waals surface area (Å²) in [5.74, 6) is 2.47. The summed E-state index contributed by atoms with van der Waals surface area (Å²) in [5.41, 5.74) is 0.198. The summed E-state index contributed by atoms with van der Waals surface area (Å²) in [5, 5.41) is 3.73. The lowest BCUT2D eigenvalue weighted by atomic mass is 10.0. The second kappa shape index (κ2) is 7.45. The Morgan fingerprint density at radius 2 is 1.91 bits per heavy atom. The first-order valence-electron chi connectivity index (χ1n) is 8.23. The molecule has 1 N–H and O–H groups in total. The molecule has 6 heteroatoms. The van der Waals surface area contributed by atoms with Gasteiger partial charge in [0.15, 0.2) is 0 Å². The first kappa shape index (κ1) is 17.1. The van der Waals surface area contributed by atoms with Crippen LogP contribution in [0.5, 0.6) is 0 Å². The molecule has 0 unspecified atom stereocenters. The molecule has 23 heavy (non-hydrogen) atoms. The highest BCUT2D eigenvalue weighted by molar-refractivity contribution is 7.99. The molecule has 1 aromatic carbocycles. The maximum Gasteiger partial charge on any atom is 0.416 e. The molecule has 1 aromatic rings. The molecule has 1 atom stereocenters. The molecule has 2 nitrogen and oxygen atoms in total. The van der Waals surface area contributed by atoms with Crippen molar-refractivity contribution in [3.8, 4) is 0 Å². The molecular weight excluding hydrogens is 321 g/mol. The van der Waals surface area contributed by atoms with Crippen molar-refractivity contribution in [2.45, 2.75) is 44.1 Å². The van der Waals surface area contributed by atoms with Crippen LogP contribution in [-0.2, 0) is 12.7 Å². The van der Waals surface area contributed by atoms with Gasteiger partial charge >= 0.3 is 6.18 Å². The first-order chi connectivity index (χ1) is 11.0. The number of nitrogens with one attached hydrogen (secondary N) is 1. The summed E-state index contributed by atoms with van der Waals surface area (Å²) < 4.78 is 38.3. The van der Waals surface area contributed by atoms with Gasteiger partial charge < -0.3 is 5.32 Å². The average Bonchev–Trinajstić information content (AvgIpc) is 3.02. The van der Waals surface area contributed by atoms with E-state index < -0.39 is 11.7 Å². The van der Waals surface area contributed by atoms with Crippen molar-refractivity contribution in [1.29, 1.82) is 0 Å². The van der Waals surface area contributed by atoms with Gasteiger partial charge in [0.25, 0.3) is 0 Å². The fourth-order valence-corrected chi connectivity index (χ4v) is 4.53. The lowest BCUT2D eigenvalue weighted by molar-refractivity contribution is -0.137. The molecule has 0 bridgehead atoms. The maximum absolute atomic E-state index is 12.8. The van der Waals surface area contributed by atoms with Crippen molar-refractivity contribution in [3.05, 3.63) is 35.4 Å². The predicted octanol–water partition coefficient (Wildman–Crippen LogP) is 3.76. The molecular formula is C17H23F3N2S. The highest BCUT2D eigenvalue weighted by Gasteiger charge is 2.30. The number of rotatable bonds is 4. The number of halogens is 3. The van der Waals surface area contributed by atoms with Crippen molar-refractivity contribution in [2.24, 2.45) is 0 Å². The van der Waals surface area contributed by atoms with E-state index in [1.165, 1.54) is 30.1 Å². The fourth-order valence-electron chi connectivity index (χ4n) is 3.36. The average molecular weight is 344 g/mol. The summed E-state index contributed by atoms with van der Waals surface area (Å²) in [6.45, 7) is 2.51. The van der Waals surface area contributed by atoms with Gasteiger partial charge in [0.1, 0.15) is 0 Å². The van der Waals surface area contributed by atoms with Gasteiger partial charge in [-0.25, -0.2) is 0 Å². The van der Waals surface area contributed by atoms with Gasteiger partial charge in [0.05, 0.1) is 5.56 Å². The molecule has 0 aliphatic carbocycles. The smallest absolute Gasteiger partial charge is 0.310 e. The highest BCUT2D eigenvalue weighted by Crippen LogP contribution is 2.30. The van der Waals surface area contributed by atoms with Crippen LogP contribution in [0.25, 0.3) is 0 Å². The number of likely N-dealkylation sites (tertiary alicyclic amines) is 1. The summed E-state index contributed by atoms with van der Waals surface area (Å²) in [4.78, 5) is 2.26. The third-order valence-electron chi connectivity index (χ3n) is 4.65. The molecule has 0 saturated carbocycles. The van der Waals surface area contributed by atoms with Gasteiger partial charge in [0, 0.05) is 24.4 Å². The van der Waals surface area contributed by atoms with E-state index in [0.29, 0.717) is 18.6 Å². The number of piperidine rings is 1. The zero-order valence-electron chi connectivity index (χ0n) is 13.1. The van der Waals surface area contributed by atoms with E-state index in [1.54, 1.807) is 6.07 Å². The van der Waals surface area contributed by atoms with Crippen LogP contribution in [0.4, 0.5) is 13.2 Å². The van der Waals surface area contributed by atoms with Gasteiger partial charge in [-0.2, -0.15) is 24.9 Å². The zero-order valence-corrected chi connectivity index (χ0v) is 13.9. The highest BCUT2D eigenvalue weighted by atomic mass is 32.2. The third-order valence-corrected chi connectivity index (χ3v) is 5.81. The molecule has 2 heterocycles. The van der Waals surface area contributed by atoms with E-state index in [1.807, 2.05) is 11.8 Å². The Hall–Kier alpha value is -0.720. The van der Waals surface area contributed by atoms with Crippen molar-refractivity contribution in [3.63, 3.8) is 0 Å². The quantitative estimate of drug-likeness (QED) is 0.895. The molecule has 2 aliphatic rings. The molecule has 0 spiro atoms. The minimum Gasteiger partial charge on any atom is -0.310 e. The normalized spacial score (nSPS) is 24.2. The lowest BCUT2D eigenvalue weighted by Gasteiger charge is -2.34. The van der Waals surface area contributed by atoms with E-state index >= 15 is 0 Å². The number of thioether (sulfide) groups is 1. The van der Waals surface area contributed by atoms with Crippen LogP contribution in [0.2, 0.25) is 0 Å². The van der Waals surface area contributed by atoms with Crippen LogP contribution in [0.1, 0.15) is 30.4 Å². The predicted molar refractivity (Wildman–Crippen MR) is 88.6 cm³/mol. The van der Waals surface area contributed by atoms with Gasteiger partial charge in [-0.15, -0.1) is 0 Å². The SMILES string of the molecule is FC(F)(F)c1cccc(CN2CCC(N[C@H]3CCSC3)CC2)c1. The Labute approximate surface area is 139 Å². The van der Waals surface area contributed by atoms with Gasteiger partial charge in [0.2, 0.25) is 0 Å². The first-order valence-corrected chi connectivity index (χ1v) is 9.38. The van der Waals surface area contributed by atoms with Crippen molar-refractivity contribution in [2.75, 3.05) is 24.6 Å². The topological polar surface area (TPSA) is 15.3 Å². The molecule has 0 amide bonds. The van der Waals surface area contributed by atoms with E-state index in [2.05, 4.69) is 10.2 Å². The molecule has 3 rings (SSSR count). The maximum atomic E-state index is 12.8. The number of hydrogen-bond acceptors (Lipinski definition) is 3. The van der Waals surface area contributed by atoms with E-state index in [9.17, 15) is 13.2 Å². The lowest BCUT2D eigenvalue weighted by Crippen LogP contribution is -2.46. The summed E-state index contributed by atoms with van der Waals surface area (Å²) >= 11 is 2.01. The Kier molecular flexibility index (Phi) is 5.54. The Morgan fingerprint density at radius 3 is 2.57 bits per heavy atom. The number of alkyl halides is 3. The van der Waals surface area contributed by atoms with E-state index in [-0.39, 0.29) is 0 Å². The second-order valence-corrected chi connectivity index (χ2v) is 7.63. The molecule has 2 saturated heterocycles. The van der Waals surface area contributed by atoms with Crippen LogP contribution in [0, 0.1) is 0 Å². The second-order valence-electron chi connectivity index (χ2n) is 6.48. The van der Waals surface area contributed by atoms with Crippen LogP contribution in [-0.4, -0.2) is 41.6 Å². The summed E-state index contributed by atoms with van der Waals surface area (Å²) in [7, 11) is 0. The van der Waals surface area contributed by atoms with Crippen LogP contribution < -0.4 is 5.32 Å². The van der Waals surface area contributed by atoms with Gasteiger partial charge in [-0.1, -0.05) is 18.2 Å². The van der Waals surface area contributed by atoms with Crippen LogP contribution >= 0.6 is 11.8 Å². The molecule has 0 aromatic heterocycles. The Balaban J connectivity index is 1.48. The minimum atomic E-state index is -4.26. The van der Waals surface area contributed by atoms with Gasteiger partial charge in [-0.05, 0) is 49.7 Å². The number of benzene rings is 1. The van der Waals surface area contributed by atoms with E-state index in [4.69, 9.17) is 0 Å². The van der Waals surface area contributed by atoms with Crippen molar-refractivity contribution >= 4 is 11.8 Å². The van der Waals surface area contributed by atoms with Crippen LogP contribution in [0.3, 0.4) is 0 Å². The van der Waals surface area contributed by atoms with Crippen LogP contribution in [0.15, 0.2) is 24.3 Å². The molecule has 2 fully saturated rings. The molecule has 0 radical (unpaired) electrons. The van der Waals surface area contributed by atoms with E-state index in [0.717, 1.165) is 37.6 Å². The Morgan fingerprint density at radius 1 is 1.13 bits per heavy atom. The minimum absolute atomic E-state index is 0.551. The number of nitrogens with zero attached hydrogens (tertiary/aromatic N) is 1. The largest absolute Gasteiger partial charge is 0.416 e. The number of hydrogen-bond donors (Lipinski definition) is 1. The molecule has 2 aliphatic heterocycles. The van der Waals surface area contributed by atoms with Crippen molar-refractivity contribution < 1.29 is 13.2 Å². The summed E-state index contributed by atoms with van der Waals surface area (Å²) in [6.07, 6.45) is -0.832. The monoisotopic (exact) mass is 344 g/mol. The zero-order chi connectivity index (χ0) is 16.3.